The minimum absolute atomic E-state index is 0.366. The summed E-state index contributed by atoms with van der Waals surface area (Å²) >= 11 is 1.15. The van der Waals surface area contributed by atoms with Crippen LogP contribution >= 0.6 is 11.3 Å². The lowest BCUT2D eigenvalue weighted by Gasteiger charge is -2.15. The second-order valence-electron chi connectivity index (χ2n) is 4.37. The van der Waals surface area contributed by atoms with Gasteiger partial charge in [0, 0.05) is 9.75 Å². The Labute approximate surface area is 115 Å². The molecule has 2 N–H and O–H groups in total. The Morgan fingerprint density at radius 2 is 1.35 bits per heavy atom. The Hall–Kier alpha value is -1.47. The van der Waals surface area contributed by atoms with Crippen molar-refractivity contribution in [1.82, 2.24) is 0 Å². The summed E-state index contributed by atoms with van der Waals surface area (Å²) in [6, 6.07) is 0.324. The molecule has 1 aromatic carbocycles. The molecule has 0 saturated carbocycles. The second kappa shape index (κ2) is 5.14. The lowest BCUT2D eigenvalue weighted by Crippen LogP contribution is -2.18. The Kier molecular flexibility index (Phi) is 3.84. The molecule has 7 heteroatoms. The third-order valence-electron chi connectivity index (χ3n) is 2.92. The molecule has 0 aliphatic heterocycles. The molecule has 2 aromatic rings. The summed E-state index contributed by atoms with van der Waals surface area (Å²) in [5.41, 5.74) is 5.33. The minimum Gasteiger partial charge on any atom is -0.319 e. The van der Waals surface area contributed by atoms with Crippen LogP contribution < -0.4 is 5.73 Å². The third kappa shape index (κ3) is 2.20. The molecule has 0 radical (unpaired) electrons. The molecule has 0 saturated heterocycles. The van der Waals surface area contributed by atoms with E-state index in [0.717, 1.165) is 16.2 Å². The highest BCUT2D eigenvalue weighted by Crippen LogP contribution is 2.34. The van der Waals surface area contributed by atoms with Crippen LogP contribution in [-0.4, -0.2) is 0 Å². The maximum atomic E-state index is 13.7. The maximum absolute atomic E-state index is 13.7. The van der Waals surface area contributed by atoms with Crippen molar-refractivity contribution < 1.29 is 22.0 Å². The van der Waals surface area contributed by atoms with E-state index in [4.69, 9.17) is 5.73 Å². The van der Waals surface area contributed by atoms with E-state index in [1.54, 1.807) is 19.9 Å². The van der Waals surface area contributed by atoms with Gasteiger partial charge < -0.3 is 5.73 Å². The number of rotatable bonds is 2. The lowest BCUT2D eigenvalue weighted by atomic mass is 10.0. The molecular weight excluding hydrogens is 297 g/mol. The minimum atomic E-state index is -2.19. The first-order chi connectivity index (χ1) is 9.25. The van der Waals surface area contributed by atoms with Crippen LogP contribution in [0.4, 0.5) is 22.0 Å². The first-order valence-electron chi connectivity index (χ1n) is 5.59. The van der Waals surface area contributed by atoms with Crippen LogP contribution in [0.25, 0.3) is 0 Å². The van der Waals surface area contributed by atoms with Gasteiger partial charge in [-0.25, -0.2) is 22.0 Å². The zero-order valence-electron chi connectivity index (χ0n) is 10.5. The van der Waals surface area contributed by atoms with Gasteiger partial charge in [-0.05, 0) is 25.5 Å². The van der Waals surface area contributed by atoms with Gasteiger partial charge in [0.25, 0.3) is 0 Å². The van der Waals surface area contributed by atoms with Gasteiger partial charge in [0.15, 0.2) is 23.3 Å². The van der Waals surface area contributed by atoms with Gasteiger partial charge in [0.2, 0.25) is 5.82 Å². The molecule has 0 aliphatic carbocycles. The fraction of sp³-hybridized carbons (Fsp3) is 0.231. The summed E-state index contributed by atoms with van der Waals surface area (Å²) in [6.45, 7) is 3.41. The van der Waals surface area contributed by atoms with Crippen molar-refractivity contribution in [3.8, 4) is 0 Å². The van der Waals surface area contributed by atoms with Gasteiger partial charge in [-0.15, -0.1) is 11.3 Å². The number of hydrogen-bond donors (Lipinski definition) is 1. The zero-order chi connectivity index (χ0) is 15.2. The van der Waals surface area contributed by atoms with Crippen LogP contribution in [-0.2, 0) is 0 Å². The highest BCUT2D eigenvalue weighted by Gasteiger charge is 2.30. The second-order valence-corrected chi connectivity index (χ2v) is 5.65. The van der Waals surface area contributed by atoms with Crippen molar-refractivity contribution in [2.45, 2.75) is 19.9 Å². The van der Waals surface area contributed by atoms with Gasteiger partial charge in [-0.2, -0.15) is 0 Å². The van der Waals surface area contributed by atoms with Gasteiger partial charge in [0.05, 0.1) is 11.6 Å². The average Bonchev–Trinajstić information content (AvgIpc) is 2.73. The number of thiophene rings is 1. The van der Waals surface area contributed by atoms with Crippen molar-refractivity contribution in [2.24, 2.45) is 5.73 Å². The fourth-order valence-corrected chi connectivity index (χ4v) is 3.04. The van der Waals surface area contributed by atoms with E-state index < -0.39 is 40.7 Å². The smallest absolute Gasteiger partial charge is 0.200 e. The Balaban J connectivity index is 2.67. The van der Waals surface area contributed by atoms with Crippen molar-refractivity contribution in [3.05, 3.63) is 56.0 Å². The quantitative estimate of drug-likeness (QED) is 0.504. The zero-order valence-corrected chi connectivity index (χ0v) is 11.3. The van der Waals surface area contributed by atoms with Crippen LogP contribution in [0.2, 0.25) is 0 Å². The van der Waals surface area contributed by atoms with Crippen molar-refractivity contribution in [1.29, 1.82) is 0 Å². The lowest BCUT2D eigenvalue weighted by molar-refractivity contribution is 0.367. The van der Waals surface area contributed by atoms with E-state index in [-0.39, 0.29) is 0 Å². The summed E-state index contributed by atoms with van der Waals surface area (Å²) in [5, 5.41) is 0. The predicted molar refractivity (Wildman–Crippen MR) is 66.1 cm³/mol. The molecule has 108 valence electrons. The van der Waals surface area contributed by atoms with E-state index in [0.29, 0.717) is 10.4 Å². The SMILES string of the molecule is Cc1cc(C)c(C(N)c2c(F)c(F)c(F)c(F)c2F)s1. The molecule has 2 rings (SSSR count). The van der Waals surface area contributed by atoms with Crippen LogP contribution in [0.3, 0.4) is 0 Å². The highest BCUT2D eigenvalue weighted by molar-refractivity contribution is 7.12. The standard InChI is InChI=1S/C13H10F5NS/c1-4-3-5(2)20-13(4)12(19)6-7(14)9(16)11(18)10(17)8(6)15/h3,12H,19H2,1-2H3. The topological polar surface area (TPSA) is 26.0 Å². The van der Waals surface area contributed by atoms with E-state index >= 15 is 0 Å². The molecule has 0 amide bonds. The Morgan fingerprint density at radius 1 is 0.900 bits per heavy atom. The van der Waals surface area contributed by atoms with Gasteiger partial charge in [-0.3, -0.25) is 0 Å². The average molecular weight is 307 g/mol. The molecule has 0 aliphatic rings. The molecule has 0 bridgehead atoms. The van der Waals surface area contributed by atoms with E-state index in [1.165, 1.54) is 0 Å². The van der Waals surface area contributed by atoms with Crippen molar-refractivity contribution in [3.63, 3.8) is 0 Å². The molecule has 1 nitrogen and oxygen atoms in total. The first-order valence-corrected chi connectivity index (χ1v) is 6.41. The van der Waals surface area contributed by atoms with Crippen molar-refractivity contribution in [2.75, 3.05) is 0 Å². The number of hydrogen-bond acceptors (Lipinski definition) is 2. The van der Waals surface area contributed by atoms with Crippen LogP contribution in [0.15, 0.2) is 6.07 Å². The molecule has 1 aromatic heterocycles. The van der Waals surface area contributed by atoms with Gasteiger partial charge in [-0.1, -0.05) is 0 Å². The van der Waals surface area contributed by atoms with Gasteiger partial charge in [0.1, 0.15) is 0 Å². The summed E-state index contributed by atoms with van der Waals surface area (Å²) in [7, 11) is 0. The summed E-state index contributed by atoms with van der Waals surface area (Å²) in [5.74, 6) is -9.94. The number of halogens is 5. The maximum Gasteiger partial charge on any atom is 0.200 e. The van der Waals surface area contributed by atoms with Gasteiger partial charge >= 0.3 is 0 Å². The van der Waals surface area contributed by atoms with Crippen molar-refractivity contribution >= 4 is 11.3 Å². The summed E-state index contributed by atoms with van der Waals surface area (Å²) in [4.78, 5) is 1.20. The number of nitrogens with two attached hydrogens (primary N) is 1. The Morgan fingerprint density at radius 3 is 1.75 bits per heavy atom. The molecule has 1 unspecified atom stereocenters. The van der Waals surface area contributed by atoms with Crippen LogP contribution in [0.1, 0.15) is 26.9 Å². The van der Waals surface area contributed by atoms with Crippen LogP contribution in [0, 0.1) is 42.9 Å². The van der Waals surface area contributed by atoms with E-state index in [9.17, 15) is 22.0 Å². The fourth-order valence-electron chi connectivity index (χ4n) is 1.99. The normalized spacial score (nSPS) is 12.8. The van der Waals surface area contributed by atoms with E-state index in [2.05, 4.69) is 0 Å². The predicted octanol–water partition coefficient (Wildman–Crippen LogP) is 4.11. The molecule has 1 atom stereocenters. The summed E-state index contributed by atoms with van der Waals surface area (Å²) in [6.07, 6.45) is 0. The molecular formula is C13H10F5NS. The Bertz CT molecular complexity index is 651. The monoisotopic (exact) mass is 307 g/mol. The first kappa shape index (κ1) is 14.9. The van der Waals surface area contributed by atoms with E-state index in [1.807, 2.05) is 0 Å². The third-order valence-corrected chi connectivity index (χ3v) is 4.15. The molecule has 1 heterocycles. The number of benzene rings is 1. The largest absolute Gasteiger partial charge is 0.319 e. The van der Waals surface area contributed by atoms with Crippen LogP contribution in [0.5, 0.6) is 0 Å². The molecule has 0 fully saturated rings. The number of aryl methyl sites for hydroxylation is 2. The molecule has 0 spiro atoms. The highest BCUT2D eigenvalue weighted by atomic mass is 32.1. The molecule has 20 heavy (non-hydrogen) atoms. The summed E-state index contributed by atoms with van der Waals surface area (Å²) < 4.78 is 66.7.